The molecule has 18 heavy (non-hydrogen) atoms. The van der Waals surface area contributed by atoms with Crippen LogP contribution in [0.4, 0.5) is 8.78 Å². The van der Waals surface area contributed by atoms with Crippen molar-refractivity contribution in [2.24, 2.45) is 0 Å². The third-order valence-corrected chi connectivity index (χ3v) is 2.30. The van der Waals surface area contributed by atoms with Crippen LogP contribution in [-0.4, -0.2) is 37.4 Å². The molecule has 1 rings (SSSR count). The molecule has 1 aromatic carbocycles. The zero-order valence-corrected chi connectivity index (χ0v) is 9.95. The molecule has 1 aromatic rings. The van der Waals surface area contributed by atoms with Gasteiger partial charge in [-0.25, -0.2) is 8.78 Å². The summed E-state index contributed by atoms with van der Waals surface area (Å²) in [5, 5.41) is 11.7. The van der Waals surface area contributed by atoms with E-state index in [0.29, 0.717) is 0 Å². The first-order chi connectivity index (χ1) is 8.54. The topological polar surface area (TPSA) is 58.6 Å². The molecule has 0 aliphatic heterocycles. The van der Waals surface area contributed by atoms with E-state index in [9.17, 15) is 18.7 Å². The van der Waals surface area contributed by atoms with Crippen LogP contribution in [0.1, 0.15) is 16.8 Å². The van der Waals surface area contributed by atoms with E-state index >= 15 is 0 Å². The second kappa shape index (κ2) is 7.03. The Kier molecular flexibility index (Phi) is 5.67. The molecule has 0 aliphatic carbocycles. The van der Waals surface area contributed by atoms with Gasteiger partial charge in [0, 0.05) is 13.7 Å². The molecule has 0 saturated carbocycles. The quantitative estimate of drug-likeness (QED) is 0.804. The number of benzene rings is 1. The van der Waals surface area contributed by atoms with Crippen molar-refractivity contribution < 1.29 is 23.4 Å². The minimum atomic E-state index is -0.786. The van der Waals surface area contributed by atoms with Gasteiger partial charge in [0.05, 0.1) is 18.3 Å². The summed E-state index contributed by atoms with van der Waals surface area (Å²) in [5.74, 6) is -2.18. The van der Waals surface area contributed by atoms with Gasteiger partial charge in [-0.1, -0.05) is 0 Å². The molecule has 1 atom stereocenters. The molecule has 0 spiro atoms. The van der Waals surface area contributed by atoms with Gasteiger partial charge in [-0.05, 0) is 24.6 Å². The van der Waals surface area contributed by atoms with Crippen molar-refractivity contribution >= 4 is 5.91 Å². The third kappa shape index (κ3) is 4.38. The van der Waals surface area contributed by atoms with E-state index < -0.39 is 23.6 Å². The number of aliphatic hydroxyl groups excluding tert-OH is 1. The van der Waals surface area contributed by atoms with Gasteiger partial charge in [0.15, 0.2) is 0 Å². The second-order valence-corrected chi connectivity index (χ2v) is 3.78. The van der Waals surface area contributed by atoms with Crippen molar-refractivity contribution in [1.82, 2.24) is 5.32 Å². The fourth-order valence-corrected chi connectivity index (χ4v) is 1.39. The van der Waals surface area contributed by atoms with Gasteiger partial charge in [-0.3, -0.25) is 4.79 Å². The fraction of sp³-hybridized carbons (Fsp3) is 0.417. The lowest BCUT2D eigenvalue weighted by Gasteiger charge is -2.10. The van der Waals surface area contributed by atoms with Gasteiger partial charge < -0.3 is 15.2 Å². The van der Waals surface area contributed by atoms with Crippen molar-refractivity contribution in [3.05, 3.63) is 35.4 Å². The first-order valence-electron chi connectivity index (χ1n) is 5.45. The van der Waals surface area contributed by atoms with E-state index in [1.807, 2.05) is 0 Å². The Morgan fingerprint density at radius 2 is 2.22 bits per heavy atom. The van der Waals surface area contributed by atoms with Crippen molar-refractivity contribution in [2.75, 3.05) is 20.3 Å². The number of rotatable bonds is 6. The molecule has 1 unspecified atom stereocenters. The Morgan fingerprint density at radius 3 is 2.89 bits per heavy atom. The smallest absolute Gasteiger partial charge is 0.254 e. The van der Waals surface area contributed by atoms with Crippen molar-refractivity contribution in [1.29, 1.82) is 0 Å². The standard InChI is InChI=1S/C12H15F2NO3/c1-18-7-9(16)4-5-15-12(17)10-6-8(13)2-3-11(10)14/h2-3,6,9,16H,4-5,7H2,1H3,(H,15,17). The zero-order valence-electron chi connectivity index (χ0n) is 9.95. The number of ether oxygens (including phenoxy) is 1. The normalized spacial score (nSPS) is 12.2. The second-order valence-electron chi connectivity index (χ2n) is 3.78. The molecule has 2 N–H and O–H groups in total. The summed E-state index contributed by atoms with van der Waals surface area (Å²) in [6.45, 7) is 0.309. The van der Waals surface area contributed by atoms with Crippen LogP contribution in [-0.2, 0) is 4.74 Å². The molecule has 100 valence electrons. The van der Waals surface area contributed by atoms with E-state index in [2.05, 4.69) is 5.32 Å². The van der Waals surface area contributed by atoms with Crippen LogP contribution < -0.4 is 5.32 Å². The Balaban J connectivity index is 2.48. The predicted molar refractivity (Wildman–Crippen MR) is 61.2 cm³/mol. The molecule has 0 heterocycles. The number of methoxy groups -OCH3 is 1. The lowest BCUT2D eigenvalue weighted by atomic mass is 10.2. The molecule has 0 aromatic heterocycles. The number of aliphatic hydroxyl groups is 1. The minimum absolute atomic E-state index is 0.152. The first-order valence-corrected chi connectivity index (χ1v) is 5.45. The van der Waals surface area contributed by atoms with E-state index in [1.54, 1.807) is 0 Å². The van der Waals surface area contributed by atoms with E-state index in [1.165, 1.54) is 7.11 Å². The monoisotopic (exact) mass is 259 g/mol. The third-order valence-electron chi connectivity index (χ3n) is 2.30. The molecule has 0 radical (unpaired) electrons. The number of carbonyl (C=O) groups is 1. The number of halogens is 2. The van der Waals surface area contributed by atoms with Gasteiger partial charge in [0.1, 0.15) is 11.6 Å². The Bertz CT molecular complexity index is 412. The van der Waals surface area contributed by atoms with Crippen LogP contribution in [0.25, 0.3) is 0 Å². The van der Waals surface area contributed by atoms with Crippen LogP contribution >= 0.6 is 0 Å². The van der Waals surface area contributed by atoms with E-state index in [-0.39, 0.29) is 25.1 Å². The number of carbonyl (C=O) groups excluding carboxylic acids is 1. The molecule has 1 amide bonds. The predicted octanol–water partition coefficient (Wildman–Crippen LogP) is 1.09. The SMILES string of the molecule is COCC(O)CCNC(=O)c1cc(F)ccc1F. The average Bonchev–Trinajstić information content (AvgIpc) is 2.32. The van der Waals surface area contributed by atoms with Gasteiger partial charge in [-0.15, -0.1) is 0 Å². The van der Waals surface area contributed by atoms with E-state index in [4.69, 9.17) is 4.74 Å². The van der Waals surface area contributed by atoms with E-state index in [0.717, 1.165) is 18.2 Å². The number of nitrogens with one attached hydrogen (secondary N) is 1. The fourth-order valence-electron chi connectivity index (χ4n) is 1.39. The van der Waals surface area contributed by atoms with Gasteiger partial charge in [0.2, 0.25) is 0 Å². The Morgan fingerprint density at radius 1 is 1.50 bits per heavy atom. The molecule has 0 fully saturated rings. The highest BCUT2D eigenvalue weighted by molar-refractivity contribution is 5.94. The maximum atomic E-state index is 13.2. The molecule has 6 heteroatoms. The Labute approximate surface area is 104 Å². The maximum absolute atomic E-state index is 13.2. The molecule has 4 nitrogen and oxygen atoms in total. The molecule has 0 aliphatic rings. The minimum Gasteiger partial charge on any atom is -0.391 e. The molecule has 0 bridgehead atoms. The van der Waals surface area contributed by atoms with Crippen molar-refractivity contribution in [3.63, 3.8) is 0 Å². The first kappa shape index (κ1) is 14.5. The summed E-state index contributed by atoms with van der Waals surface area (Å²) in [7, 11) is 1.45. The lowest BCUT2D eigenvalue weighted by Crippen LogP contribution is -2.29. The van der Waals surface area contributed by atoms with Gasteiger partial charge in [-0.2, -0.15) is 0 Å². The van der Waals surface area contributed by atoms with Crippen molar-refractivity contribution in [2.45, 2.75) is 12.5 Å². The number of hydrogen-bond acceptors (Lipinski definition) is 3. The van der Waals surface area contributed by atoms with Crippen LogP contribution in [0.2, 0.25) is 0 Å². The lowest BCUT2D eigenvalue weighted by molar-refractivity contribution is 0.0587. The number of hydrogen-bond donors (Lipinski definition) is 2. The number of amides is 1. The summed E-state index contributed by atoms with van der Waals surface area (Å²) in [6.07, 6.45) is -0.427. The Hall–Kier alpha value is -1.53. The summed E-state index contributed by atoms with van der Waals surface area (Å²) in [4.78, 5) is 11.5. The van der Waals surface area contributed by atoms with Crippen LogP contribution in [0.15, 0.2) is 18.2 Å². The van der Waals surface area contributed by atoms with Crippen molar-refractivity contribution in [3.8, 4) is 0 Å². The maximum Gasteiger partial charge on any atom is 0.254 e. The summed E-state index contributed by atoms with van der Waals surface area (Å²) < 4.78 is 30.8. The zero-order chi connectivity index (χ0) is 13.5. The summed E-state index contributed by atoms with van der Waals surface area (Å²) in [5.41, 5.74) is -0.351. The largest absolute Gasteiger partial charge is 0.391 e. The highest BCUT2D eigenvalue weighted by Crippen LogP contribution is 2.09. The summed E-state index contributed by atoms with van der Waals surface area (Å²) in [6, 6.07) is 2.66. The summed E-state index contributed by atoms with van der Waals surface area (Å²) >= 11 is 0. The highest BCUT2D eigenvalue weighted by atomic mass is 19.1. The van der Waals surface area contributed by atoms with Crippen LogP contribution in [0.5, 0.6) is 0 Å². The van der Waals surface area contributed by atoms with Crippen LogP contribution in [0, 0.1) is 11.6 Å². The average molecular weight is 259 g/mol. The molecule has 0 saturated heterocycles. The highest BCUT2D eigenvalue weighted by Gasteiger charge is 2.12. The molecular weight excluding hydrogens is 244 g/mol. The van der Waals surface area contributed by atoms with Crippen LogP contribution in [0.3, 0.4) is 0 Å². The molecular formula is C12H15F2NO3. The van der Waals surface area contributed by atoms with Gasteiger partial charge >= 0.3 is 0 Å². The van der Waals surface area contributed by atoms with Gasteiger partial charge in [0.25, 0.3) is 5.91 Å².